The molecule has 0 aliphatic heterocycles. The van der Waals surface area contributed by atoms with Gasteiger partial charge in [0, 0.05) is 6.04 Å². The van der Waals surface area contributed by atoms with Crippen LogP contribution < -0.4 is 0 Å². The Morgan fingerprint density at radius 2 is 1.29 bits per heavy atom. The highest BCUT2D eigenvalue weighted by atomic mass is 31.1. The zero-order valence-corrected chi connectivity index (χ0v) is 19.3. The lowest BCUT2D eigenvalue weighted by atomic mass is 9.90. The van der Waals surface area contributed by atoms with E-state index in [2.05, 4.69) is 49.3 Å². The standard InChI is InChI=1S/C26H42NP/c1-27(2)26(21-13-6-3-7-14-21)24-19-12-20-25(24)28(22-15-8-4-9-16-22)23-17-10-5-11-18-23/h3,6-7,13-14,22-26H,4-5,8-12,15-20H2,1-2H3/t24-,25-,26+/m0/s1. The van der Waals surface area contributed by atoms with E-state index in [1.54, 1.807) is 31.2 Å². The molecular weight excluding hydrogens is 357 g/mol. The van der Waals surface area contributed by atoms with Crippen LogP contribution in [0.5, 0.6) is 0 Å². The van der Waals surface area contributed by atoms with Gasteiger partial charge in [-0.1, -0.05) is 83.2 Å². The van der Waals surface area contributed by atoms with Crippen molar-refractivity contribution in [3.63, 3.8) is 0 Å². The fourth-order valence-corrected chi connectivity index (χ4v) is 11.7. The van der Waals surface area contributed by atoms with Gasteiger partial charge in [0.15, 0.2) is 0 Å². The second kappa shape index (κ2) is 10.1. The maximum Gasteiger partial charge on any atom is 0.0376 e. The van der Waals surface area contributed by atoms with Crippen LogP contribution in [0.2, 0.25) is 0 Å². The highest BCUT2D eigenvalue weighted by Crippen LogP contribution is 2.65. The summed E-state index contributed by atoms with van der Waals surface area (Å²) in [7, 11) is 4.85. The zero-order chi connectivity index (χ0) is 19.3. The molecule has 28 heavy (non-hydrogen) atoms. The van der Waals surface area contributed by atoms with E-state index in [4.69, 9.17) is 0 Å². The molecule has 2 heteroatoms. The molecule has 3 saturated carbocycles. The summed E-state index contributed by atoms with van der Waals surface area (Å²) in [5, 5.41) is 0. The molecule has 0 bridgehead atoms. The summed E-state index contributed by atoms with van der Waals surface area (Å²) in [5.41, 5.74) is 4.77. The second-order valence-corrected chi connectivity index (χ2v) is 13.0. The van der Waals surface area contributed by atoms with Crippen molar-refractivity contribution in [2.45, 2.75) is 106 Å². The van der Waals surface area contributed by atoms with Gasteiger partial charge in [-0.15, -0.1) is 0 Å². The van der Waals surface area contributed by atoms with Gasteiger partial charge in [0.05, 0.1) is 0 Å². The van der Waals surface area contributed by atoms with Gasteiger partial charge in [0.1, 0.15) is 0 Å². The van der Waals surface area contributed by atoms with Crippen molar-refractivity contribution in [1.82, 2.24) is 4.90 Å². The Labute approximate surface area is 175 Å². The van der Waals surface area contributed by atoms with Crippen LogP contribution in [0.25, 0.3) is 0 Å². The first kappa shape index (κ1) is 20.9. The number of hydrogen-bond donors (Lipinski definition) is 0. The normalized spacial score (nSPS) is 28.9. The Morgan fingerprint density at radius 3 is 1.82 bits per heavy atom. The summed E-state index contributed by atoms with van der Waals surface area (Å²) >= 11 is 0. The van der Waals surface area contributed by atoms with Crippen molar-refractivity contribution in [3.05, 3.63) is 35.9 Å². The van der Waals surface area contributed by atoms with Crippen molar-refractivity contribution in [1.29, 1.82) is 0 Å². The predicted octanol–water partition coefficient (Wildman–Crippen LogP) is 7.61. The lowest BCUT2D eigenvalue weighted by Crippen LogP contribution is -2.35. The molecule has 1 aromatic carbocycles. The average Bonchev–Trinajstić information content (AvgIpc) is 3.19. The molecule has 156 valence electrons. The molecule has 0 radical (unpaired) electrons. The molecule has 3 aliphatic rings. The molecule has 1 aromatic rings. The highest BCUT2D eigenvalue weighted by molar-refractivity contribution is 7.60. The van der Waals surface area contributed by atoms with Crippen LogP contribution >= 0.6 is 7.92 Å². The molecule has 0 N–H and O–H groups in total. The van der Waals surface area contributed by atoms with Gasteiger partial charge >= 0.3 is 0 Å². The van der Waals surface area contributed by atoms with E-state index in [1.165, 1.54) is 57.8 Å². The summed E-state index contributed by atoms with van der Waals surface area (Å²) in [6, 6.07) is 12.1. The Kier molecular flexibility index (Phi) is 7.51. The quantitative estimate of drug-likeness (QED) is 0.445. The van der Waals surface area contributed by atoms with E-state index in [0.29, 0.717) is 6.04 Å². The highest BCUT2D eigenvalue weighted by Gasteiger charge is 2.44. The van der Waals surface area contributed by atoms with Gasteiger partial charge in [-0.2, -0.15) is 0 Å². The molecule has 3 fully saturated rings. The van der Waals surface area contributed by atoms with Crippen molar-refractivity contribution in [2.75, 3.05) is 14.1 Å². The molecule has 0 heterocycles. The van der Waals surface area contributed by atoms with Gasteiger partial charge in [0.2, 0.25) is 0 Å². The van der Waals surface area contributed by atoms with Gasteiger partial charge in [-0.3, -0.25) is 0 Å². The minimum absolute atomic E-state index is 0.188. The number of benzene rings is 1. The van der Waals surface area contributed by atoms with Crippen molar-refractivity contribution in [3.8, 4) is 0 Å². The van der Waals surface area contributed by atoms with Crippen molar-refractivity contribution < 1.29 is 0 Å². The molecular formula is C26H42NP. The lowest BCUT2D eigenvalue weighted by Gasteiger charge is -2.46. The fraction of sp³-hybridized carbons (Fsp3) is 0.769. The SMILES string of the molecule is CN(C)[C@H](c1ccccc1)[C@H]1CCC[C@@H]1P(C1CCCCC1)C1CCCCC1. The zero-order valence-electron chi connectivity index (χ0n) is 18.4. The van der Waals surface area contributed by atoms with Crippen LogP contribution in [-0.2, 0) is 0 Å². The van der Waals surface area contributed by atoms with Crippen LogP contribution in [0.4, 0.5) is 0 Å². The van der Waals surface area contributed by atoms with Gasteiger partial charge in [0.25, 0.3) is 0 Å². The fourth-order valence-electron chi connectivity index (χ4n) is 6.88. The Balaban J connectivity index is 1.62. The van der Waals surface area contributed by atoms with Gasteiger partial charge in [-0.05, 0) is 81.1 Å². The monoisotopic (exact) mass is 399 g/mol. The number of nitrogens with zero attached hydrogens (tertiary/aromatic N) is 1. The molecule has 0 spiro atoms. The van der Waals surface area contributed by atoms with Gasteiger partial charge < -0.3 is 4.90 Å². The Bertz CT molecular complexity index is 555. The third-order valence-electron chi connectivity index (χ3n) is 8.01. The number of hydrogen-bond acceptors (Lipinski definition) is 1. The van der Waals surface area contributed by atoms with Gasteiger partial charge in [-0.25, -0.2) is 0 Å². The number of rotatable bonds is 6. The summed E-state index contributed by atoms with van der Waals surface area (Å²) in [5.74, 6) is 0.882. The smallest absolute Gasteiger partial charge is 0.0376 e. The third kappa shape index (κ3) is 4.67. The first-order chi connectivity index (χ1) is 13.8. The van der Waals surface area contributed by atoms with E-state index in [9.17, 15) is 0 Å². The van der Waals surface area contributed by atoms with E-state index >= 15 is 0 Å². The summed E-state index contributed by atoms with van der Waals surface area (Å²) in [6.45, 7) is 0. The molecule has 0 aromatic heterocycles. The lowest BCUT2D eigenvalue weighted by molar-refractivity contribution is 0.215. The van der Waals surface area contributed by atoms with Crippen LogP contribution in [0, 0.1) is 5.92 Å². The van der Waals surface area contributed by atoms with Crippen LogP contribution in [0.3, 0.4) is 0 Å². The predicted molar refractivity (Wildman–Crippen MR) is 125 cm³/mol. The molecule has 0 amide bonds. The van der Waals surface area contributed by atoms with Crippen LogP contribution in [0.15, 0.2) is 30.3 Å². The summed E-state index contributed by atoms with van der Waals surface area (Å²) < 4.78 is 0. The molecule has 3 atom stereocenters. The van der Waals surface area contributed by atoms with E-state index < -0.39 is 0 Å². The molecule has 0 unspecified atom stereocenters. The van der Waals surface area contributed by atoms with Crippen LogP contribution in [0.1, 0.15) is 95.1 Å². The summed E-state index contributed by atoms with van der Waals surface area (Å²) in [4.78, 5) is 2.55. The van der Waals surface area contributed by atoms with E-state index in [1.807, 2.05) is 0 Å². The summed E-state index contributed by atoms with van der Waals surface area (Å²) in [6.07, 6.45) is 19.8. The topological polar surface area (TPSA) is 3.24 Å². The molecule has 1 nitrogen and oxygen atoms in total. The van der Waals surface area contributed by atoms with Crippen LogP contribution in [-0.4, -0.2) is 36.0 Å². The third-order valence-corrected chi connectivity index (χ3v) is 12.1. The van der Waals surface area contributed by atoms with E-state index in [-0.39, 0.29) is 7.92 Å². The average molecular weight is 400 g/mol. The Hall–Kier alpha value is -0.390. The minimum atomic E-state index is 0.188. The maximum absolute atomic E-state index is 2.55. The van der Waals surface area contributed by atoms with E-state index in [0.717, 1.165) is 22.9 Å². The Morgan fingerprint density at radius 1 is 0.714 bits per heavy atom. The molecule has 3 aliphatic carbocycles. The first-order valence-corrected chi connectivity index (χ1v) is 13.8. The first-order valence-electron chi connectivity index (χ1n) is 12.2. The second-order valence-electron chi connectivity index (χ2n) is 10.0. The maximum atomic E-state index is 2.55. The van der Waals surface area contributed by atoms with Crippen molar-refractivity contribution >= 4 is 7.92 Å². The molecule has 0 saturated heterocycles. The molecule has 4 rings (SSSR count). The minimum Gasteiger partial charge on any atom is -0.302 e. The largest absolute Gasteiger partial charge is 0.302 e. The van der Waals surface area contributed by atoms with Crippen molar-refractivity contribution in [2.24, 2.45) is 5.92 Å².